The zero-order chi connectivity index (χ0) is 13.7. The number of nitrogens with one attached hydrogen (secondary N) is 1. The van der Waals surface area contributed by atoms with Gasteiger partial charge in [0.1, 0.15) is 0 Å². The molecule has 5 nitrogen and oxygen atoms in total. The van der Waals surface area contributed by atoms with Crippen LogP contribution in [0.1, 0.15) is 31.5 Å². The van der Waals surface area contributed by atoms with Crippen molar-refractivity contribution in [2.75, 3.05) is 31.1 Å². The summed E-state index contributed by atoms with van der Waals surface area (Å²) in [4.78, 5) is 11.4. The third-order valence-electron chi connectivity index (χ3n) is 3.51. The molecule has 2 heterocycles. The lowest BCUT2D eigenvalue weighted by Crippen LogP contribution is -2.43. The molecule has 1 atom stereocenters. The van der Waals surface area contributed by atoms with Crippen molar-refractivity contribution >= 4 is 5.95 Å². The molecule has 0 aliphatic carbocycles. The second-order valence-corrected chi connectivity index (χ2v) is 4.91. The van der Waals surface area contributed by atoms with Gasteiger partial charge in [0.2, 0.25) is 5.95 Å². The Kier molecular flexibility index (Phi) is 5.10. The second-order valence-electron chi connectivity index (χ2n) is 4.91. The second kappa shape index (κ2) is 6.82. The summed E-state index contributed by atoms with van der Waals surface area (Å²) in [7, 11) is 0. The van der Waals surface area contributed by atoms with Gasteiger partial charge < -0.3 is 15.0 Å². The molecule has 0 amide bonds. The fraction of sp³-hybridized carbons (Fsp3) is 0.714. The van der Waals surface area contributed by atoms with Crippen LogP contribution in [0.2, 0.25) is 0 Å². The number of morpholine rings is 1. The van der Waals surface area contributed by atoms with Crippen molar-refractivity contribution in [3.8, 4) is 0 Å². The Labute approximate surface area is 115 Å². The van der Waals surface area contributed by atoms with Gasteiger partial charge in [-0.25, -0.2) is 9.97 Å². The third kappa shape index (κ3) is 3.64. The summed E-state index contributed by atoms with van der Waals surface area (Å²) in [6.07, 6.45) is 3.28. The lowest BCUT2D eigenvalue weighted by atomic mass is 10.2. The lowest BCUT2D eigenvalue weighted by molar-refractivity contribution is 0.0378. The first-order chi connectivity index (χ1) is 9.24. The fourth-order valence-electron chi connectivity index (χ4n) is 2.21. The van der Waals surface area contributed by atoms with Crippen LogP contribution in [0.5, 0.6) is 0 Å². The van der Waals surface area contributed by atoms with Crippen LogP contribution in [0.4, 0.5) is 5.95 Å². The van der Waals surface area contributed by atoms with Crippen LogP contribution in [-0.4, -0.2) is 42.3 Å². The smallest absolute Gasteiger partial charge is 0.225 e. The summed E-state index contributed by atoms with van der Waals surface area (Å²) >= 11 is 0. The van der Waals surface area contributed by atoms with Gasteiger partial charge in [0.05, 0.1) is 12.7 Å². The van der Waals surface area contributed by atoms with E-state index in [2.05, 4.69) is 41.0 Å². The highest BCUT2D eigenvalue weighted by molar-refractivity contribution is 5.33. The number of nitrogens with zero attached hydrogens (tertiary/aromatic N) is 3. The fourth-order valence-corrected chi connectivity index (χ4v) is 2.21. The van der Waals surface area contributed by atoms with Gasteiger partial charge in [-0.2, -0.15) is 0 Å². The van der Waals surface area contributed by atoms with Gasteiger partial charge in [0.25, 0.3) is 0 Å². The molecule has 0 spiro atoms. The van der Waals surface area contributed by atoms with Gasteiger partial charge >= 0.3 is 0 Å². The lowest BCUT2D eigenvalue weighted by Gasteiger charge is -2.32. The molecule has 1 aromatic rings. The summed E-state index contributed by atoms with van der Waals surface area (Å²) in [5.74, 6) is 0.833. The predicted octanol–water partition coefficient (Wildman–Crippen LogP) is 1.51. The van der Waals surface area contributed by atoms with Crippen molar-refractivity contribution in [1.82, 2.24) is 15.3 Å². The number of anilines is 1. The Morgan fingerprint density at radius 3 is 3.00 bits per heavy atom. The molecule has 1 N–H and O–H groups in total. The molecule has 1 aromatic heterocycles. The minimum atomic E-state index is 0.305. The third-order valence-corrected chi connectivity index (χ3v) is 3.51. The summed E-state index contributed by atoms with van der Waals surface area (Å²) in [6.45, 7) is 10.6. The molecule has 1 aliphatic rings. The predicted molar refractivity (Wildman–Crippen MR) is 76.4 cm³/mol. The Balaban J connectivity index is 2.06. The van der Waals surface area contributed by atoms with Gasteiger partial charge in [-0.1, -0.05) is 13.8 Å². The minimum Gasteiger partial charge on any atom is -0.375 e. The van der Waals surface area contributed by atoms with Crippen LogP contribution in [0.25, 0.3) is 0 Å². The zero-order valence-corrected chi connectivity index (χ0v) is 12.1. The summed E-state index contributed by atoms with van der Waals surface area (Å²) in [6, 6.07) is 0. The Hall–Kier alpha value is -1.20. The highest BCUT2D eigenvalue weighted by atomic mass is 16.5. The number of rotatable bonds is 5. The Morgan fingerprint density at radius 2 is 2.32 bits per heavy atom. The molecule has 0 aromatic carbocycles. The van der Waals surface area contributed by atoms with E-state index in [4.69, 9.17) is 4.74 Å². The average molecular weight is 264 g/mol. The Bertz CT molecular complexity index is 410. The van der Waals surface area contributed by atoms with E-state index in [1.807, 2.05) is 6.20 Å². The van der Waals surface area contributed by atoms with Crippen LogP contribution in [-0.2, 0) is 11.3 Å². The SMILES string of the molecule is CCNCc1cnc(N2CCOC(CC)C2)nc1C. The Morgan fingerprint density at radius 1 is 1.47 bits per heavy atom. The molecule has 106 valence electrons. The molecule has 1 aliphatic heterocycles. The number of hydrogen-bond acceptors (Lipinski definition) is 5. The van der Waals surface area contributed by atoms with E-state index in [-0.39, 0.29) is 0 Å². The summed E-state index contributed by atoms with van der Waals surface area (Å²) in [5, 5.41) is 3.31. The highest BCUT2D eigenvalue weighted by Crippen LogP contribution is 2.16. The van der Waals surface area contributed by atoms with Gasteiger partial charge in [-0.15, -0.1) is 0 Å². The first-order valence-corrected chi connectivity index (χ1v) is 7.14. The van der Waals surface area contributed by atoms with E-state index >= 15 is 0 Å². The van der Waals surface area contributed by atoms with Crippen LogP contribution >= 0.6 is 0 Å². The zero-order valence-electron chi connectivity index (χ0n) is 12.1. The molecule has 0 saturated carbocycles. The number of aryl methyl sites for hydroxylation is 1. The topological polar surface area (TPSA) is 50.3 Å². The summed E-state index contributed by atoms with van der Waals surface area (Å²) in [5.41, 5.74) is 2.23. The van der Waals surface area contributed by atoms with Crippen molar-refractivity contribution in [3.63, 3.8) is 0 Å². The molecule has 19 heavy (non-hydrogen) atoms. The standard InChI is InChI=1S/C14H24N4O/c1-4-13-10-18(6-7-19-13)14-16-9-12(8-15-5-2)11(3)17-14/h9,13,15H,4-8,10H2,1-3H3. The monoisotopic (exact) mass is 264 g/mol. The van der Waals surface area contributed by atoms with Crippen LogP contribution in [0, 0.1) is 6.92 Å². The molecule has 1 unspecified atom stereocenters. The largest absolute Gasteiger partial charge is 0.375 e. The first-order valence-electron chi connectivity index (χ1n) is 7.14. The molecule has 0 radical (unpaired) electrons. The van der Waals surface area contributed by atoms with Crippen molar-refractivity contribution in [2.45, 2.75) is 39.8 Å². The molecule has 0 bridgehead atoms. The van der Waals surface area contributed by atoms with Crippen LogP contribution in [0.3, 0.4) is 0 Å². The van der Waals surface area contributed by atoms with Gasteiger partial charge in [-0.3, -0.25) is 0 Å². The van der Waals surface area contributed by atoms with E-state index in [0.29, 0.717) is 6.10 Å². The van der Waals surface area contributed by atoms with E-state index in [1.165, 1.54) is 5.56 Å². The molecule has 1 saturated heterocycles. The number of aromatic nitrogens is 2. The molecule has 5 heteroatoms. The molecule has 2 rings (SSSR count). The minimum absolute atomic E-state index is 0.305. The van der Waals surface area contributed by atoms with E-state index in [0.717, 1.165) is 50.8 Å². The number of hydrogen-bond donors (Lipinski definition) is 1. The molecular formula is C14H24N4O. The van der Waals surface area contributed by atoms with Crippen LogP contribution < -0.4 is 10.2 Å². The number of ether oxygens (including phenoxy) is 1. The molecular weight excluding hydrogens is 240 g/mol. The van der Waals surface area contributed by atoms with Gasteiger partial charge in [-0.05, 0) is 19.9 Å². The average Bonchev–Trinajstić information content (AvgIpc) is 2.46. The normalized spacial score (nSPS) is 19.7. The van der Waals surface area contributed by atoms with E-state index < -0.39 is 0 Å². The maximum absolute atomic E-state index is 5.68. The maximum atomic E-state index is 5.68. The van der Waals surface area contributed by atoms with E-state index in [9.17, 15) is 0 Å². The van der Waals surface area contributed by atoms with Crippen molar-refractivity contribution in [1.29, 1.82) is 0 Å². The summed E-state index contributed by atoms with van der Waals surface area (Å²) < 4.78 is 5.68. The van der Waals surface area contributed by atoms with Crippen LogP contribution in [0.15, 0.2) is 6.20 Å². The first kappa shape index (κ1) is 14.2. The molecule has 1 fully saturated rings. The van der Waals surface area contributed by atoms with E-state index in [1.54, 1.807) is 0 Å². The highest BCUT2D eigenvalue weighted by Gasteiger charge is 2.21. The maximum Gasteiger partial charge on any atom is 0.225 e. The van der Waals surface area contributed by atoms with Gasteiger partial charge in [0, 0.05) is 37.1 Å². The van der Waals surface area contributed by atoms with Crippen molar-refractivity contribution in [2.24, 2.45) is 0 Å². The van der Waals surface area contributed by atoms with Crippen molar-refractivity contribution < 1.29 is 4.74 Å². The van der Waals surface area contributed by atoms with Gasteiger partial charge in [0.15, 0.2) is 0 Å². The van der Waals surface area contributed by atoms with Crippen molar-refractivity contribution in [3.05, 3.63) is 17.5 Å². The quantitative estimate of drug-likeness (QED) is 0.873.